The molecule has 36 heavy (non-hydrogen) atoms. The summed E-state index contributed by atoms with van der Waals surface area (Å²) in [4.78, 5) is 63.9. The second-order valence-corrected chi connectivity index (χ2v) is 8.29. The van der Waals surface area contributed by atoms with E-state index in [1.54, 1.807) is 24.3 Å². The summed E-state index contributed by atoms with van der Waals surface area (Å²) in [5.74, 6) is -2.82. The molecule has 3 amide bonds. The highest BCUT2D eigenvalue weighted by Crippen LogP contribution is 2.25. The molecular formula is C26H29N3O7. The van der Waals surface area contributed by atoms with E-state index < -0.39 is 41.9 Å². The lowest BCUT2D eigenvalue weighted by Gasteiger charge is -2.44. The molecule has 1 aliphatic heterocycles. The smallest absolute Gasteiger partial charge is 0.328 e. The van der Waals surface area contributed by atoms with E-state index in [2.05, 4.69) is 15.4 Å². The molecule has 1 aliphatic rings. The van der Waals surface area contributed by atoms with Gasteiger partial charge in [-0.25, -0.2) is 4.79 Å². The number of methoxy groups -OCH3 is 2. The number of nitrogens with one attached hydrogen (secondary N) is 2. The molecule has 2 aromatic carbocycles. The predicted molar refractivity (Wildman–Crippen MR) is 128 cm³/mol. The van der Waals surface area contributed by atoms with Crippen molar-refractivity contribution in [3.8, 4) is 0 Å². The van der Waals surface area contributed by atoms with Crippen molar-refractivity contribution in [2.45, 2.75) is 37.4 Å². The lowest BCUT2D eigenvalue weighted by Crippen LogP contribution is -2.67. The number of carbonyl (C=O) groups is 5. The molecule has 10 heteroatoms. The summed E-state index contributed by atoms with van der Waals surface area (Å²) in [6.07, 6.45) is 0.224. The van der Waals surface area contributed by atoms with Gasteiger partial charge in [-0.3, -0.25) is 19.2 Å². The number of nitrogens with zero attached hydrogens (tertiary/aromatic N) is 1. The van der Waals surface area contributed by atoms with Gasteiger partial charge in [0.1, 0.15) is 24.7 Å². The largest absolute Gasteiger partial charge is 0.468 e. The highest BCUT2D eigenvalue weighted by molar-refractivity contribution is 6.01. The Hall–Kier alpha value is -4.21. The molecule has 0 saturated carbocycles. The van der Waals surface area contributed by atoms with Gasteiger partial charge in [0.2, 0.25) is 17.7 Å². The van der Waals surface area contributed by atoms with E-state index >= 15 is 0 Å². The summed E-state index contributed by atoms with van der Waals surface area (Å²) < 4.78 is 9.42. The van der Waals surface area contributed by atoms with Crippen LogP contribution in [0.4, 0.5) is 0 Å². The van der Waals surface area contributed by atoms with Crippen LogP contribution in [0, 0.1) is 0 Å². The van der Waals surface area contributed by atoms with Crippen molar-refractivity contribution in [1.82, 2.24) is 15.5 Å². The van der Waals surface area contributed by atoms with Gasteiger partial charge in [-0.2, -0.15) is 0 Å². The molecule has 2 N–H and O–H groups in total. The van der Waals surface area contributed by atoms with Crippen LogP contribution in [-0.2, 0) is 46.3 Å². The average molecular weight is 496 g/mol. The Bertz CT molecular complexity index is 1090. The first-order chi connectivity index (χ1) is 17.3. The molecule has 3 rings (SSSR count). The summed E-state index contributed by atoms with van der Waals surface area (Å²) in [5, 5.41) is 5.14. The van der Waals surface area contributed by atoms with E-state index in [1.165, 1.54) is 19.1 Å². The summed E-state index contributed by atoms with van der Waals surface area (Å²) in [6, 6.07) is 15.2. The van der Waals surface area contributed by atoms with E-state index in [9.17, 15) is 24.0 Å². The molecule has 2 aromatic rings. The van der Waals surface area contributed by atoms with Crippen LogP contribution in [0.2, 0.25) is 0 Å². The van der Waals surface area contributed by atoms with Gasteiger partial charge in [0.15, 0.2) is 0 Å². The molecular weight excluding hydrogens is 466 g/mol. The number of hydrogen-bond donors (Lipinski definition) is 2. The monoisotopic (exact) mass is 495 g/mol. The zero-order valence-electron chi connectivity index (χ0n) is 20.1. The van der Waals surface area contributed by atoms with E-state index in [4.69, 9.17) is 4.74 Å². The van der Waals surface area contributed by atoms with Crippen LogP contribution in [0.5, 0.6) is 0 Å². The predicted octanol–water partition coefficient (Wildman–Crippen LogP) is 0.388. The van der Waals surface area contributed by atoms with Crippen LogP contribution in [0.3, 0.4) is 0 Å². The van der Waals surface area contributed by atoms with Gasteiger partial charge in [-0.05, 0) is 11.1 Å². The Morgan fingerprint density at radius 2 is 1.50 bits per heavy atom. The molecule has 0 radical (unpaired) electrons. The number of hydrogen-bond acceptors (Lipinski definition) is 7. The number of ether oxygens (including phenoxy) is 2. The third-order valence-corrected chi connectivity index (χ3v) is 5.92. The Morgan fingerprint density at radius 1 is 0.917 bits per heavy atom. The van der Waals surface area contributed by atoms with Gasteiger partial charge < -0.3 is 25.0 Å². The van der Waals surface area contributed by atoms with Crippen LogP contribution in [0.25, 0.3) is 0 Å². The van der Waals surface area contributed by atoms with Crippen LogP contribution in [0.15, 0.2) is 60.7 Å². The molecule has 0 aromatic heterocycles. The lowest BCUT2D eigenvalue weighted by atomic mass is 9.93. The maximum atomic E-state index is 13.2. The van der Waals surface area contributed by atoms with Crippen LogP contribution >= 0.6 is 0 Å². The normalized spacial score (nSPS) is 16.2. The van der Waals surface area contributed by atoms with Gasteiger partial charge in [-0.1, -0.05) is 60.7 Å². The van der Waals surface area contributed by atoms with E-state index in [1.807, 2.05) is 36.4 Å². The quantitative estimate of drug-likeness (QED) is 0.341. The first kappa shape index (κ1) is 26.4. The van der Waals surface area contributed by atoms with Gasteiger partial charge in [0.05, 0.1) is 20.6 Å². The van der Waals surface area contributed by atoms with Crippen molar-refractivity contribution in [3.05, 3.63) is 71.8 Å². The number of carbonyl (C=O) groups excluding carboxylic acids is 5. The number of esters is 2. The van der Waals surface area contributed by atoms with E-state index in [-0.39, 0.29) is 31.7 Å². The molecule has 0 spiro atoms. The highest BCUT2D eigenvalue weighted by Gasteiger charge is 2.48. The van der Waals surface area contributed by atoms with Gasteiger partial charge in [0.25, 0.3) is 0 Å². The molecule has 3 unspecified atom stereocenters. The maximum absolute atomic E-state index is 13.2. The topological polar surface area (TPSA) is 131 Å². The summed E-state index contributed by atoms with van der Waals surface area (Å²) in [5.41, 5.74) is 1.59. The van der Waals surface area contributed by atoms with Gasteiger partial charge >= 0.3 is 11.9 Å². The number of rotatable bonds is 11. The summed E-state index contributed by atoms with van der Waals surface area (Å²) in [6.45, 7) is -0.374. The van der Waals surface area contributed by atoms with Crippen molar-refractivity contribution in [1.29, 1.82) is 0 Å². The average Bonchev–Trinajstić information content (AvgIpc) is 2.89. The molecule has 0 bridgehead atoms. The third-order valence-electron chi connectivity index (χ3n) is 5.92. The molecule has 10 nitrogen and oxygen atoms in total. The SMILES string of the molecule is COC(=O)CNC(=O)C(Cc1ccccc1)N1C(=O)CC1C(=O)NC(Cc1ccccc1)C(=O)OC. The van der Waals surface area contributed by atoms with Crippen molar-refractivity contribution < 1.29 is 33.4 Å². The highest BCUT2D eigenvalue weighted by atomic mass is 16.5. The van der Waals surface area contributed by atoms with Crippen LogP contribution in [-0.4, -0.2) is 73.4 Å². The molecule has 1 fully saturated rings. The Kier molecular flexibility index (Phi) is 9.15. The minimum absolute atomic E-state index is 0.110. The van der Waals surface area contributed by atoms with E-state index in [0.29, 0.717) is 0 Å². The lowest BCUT2D eigenvalue weighted by molar-refractivity contribution is -0.161. The van der Waals surface area contributed by atoms with Crippen LogP contribution < -0.4 is 10.6 Å². The first-order valence-electron chi connectivity index (χ1n) is 11.5. The maximum Gasteiger partial charge on any atom is 0.328 e. The van der Waals surface area contributed by atoms with Crippen LogP contribution in [0.1, 0.15) is 17.5 Å². The summed E-state index contributed by atoms with van der Waals surface area (Å²) >= 11 is 0. The number of β-lactam (4-membered cyclic amide) rings is 1. The fourth-order valence-electron chi connectivity index (χ4n) is 4.00. The van der Waals surface area contributed by atoms with E-state index in [0.717, 1.165) is 11.1 Å². The second kappa shape index (κ2) is 12.5. The van der Waals surface area contributed by atoms with Crippen molar-refractivity contribution in [2.24, 2.45) is 0 Å². The minimum Gasteiger partial charge on any atom is -0.468 e. The summed E-state index contributed by atoms with van der Waals surface area (Å²) in [7, 11) is 2.43. The Morgan fingerprint density at radius 3 is 2.03 bits per heavy atom. The molecule has 0 aliphatic carbocycles. The second-order valence-electron chi connectivity index (χ2n) is 8.29. The van der Waals surface area contributed by atoms with Crippen molar-refractivity contribution >= 4 is 29.7 Å². The molecule has 3 atom stereocenters. The minimum atomic E-state index is -1.04. The Balaban J connectivity index is 1.78. The van der Waals surface area contributed by atoms with Gasteiger partial charge in [0, 0.05) is 12.8 Å². The van der Waals surface area contributed by atoms with Gasteiger partial charge in [-0.15, -0.1) is 0 Å². The van der Waals surface area contributed by atoms with Crippen molar-refractivity contribution in [3.63, 3.8) is 0 Å². The number of amides is 3. The molecule has 1 heterocycles. The first-order valence-corrected chi connectivity index (χ1v) is 11.5. The Labute approximate surface area is 208 Å². The molecule has 190 valence electrons. The molecule has 1 saturated heterocycles. The fourth-order valence-corrected chi connectivity index (χ4v) is 4.00. The zero-order chi connectivity index (χ0) is 26.1. The number of benzene rings is 2. The fraction of sp³-hybridized carbons (Fsp3) is 0.346. The zero-order valence-corrected chi connectivity index (χ0v) is 20.1. The number of likely N-dealkylation sites (tertiary alicyclic amines) is 1. The van der Waals surface area contributed by atoms with Crippen molar-refractivity contribution in [2.75, 3.05) is 20.8 Å². The standard InChI is InChI=1S/C26H29N3O7/c1-35-23(31)16-27-24(32)20(14-18-11-7-4-8-12-18)29-21(15-22(29)30)25(33)28-19(26(34)36-2)13-17-9-5-3-6-10-17/h3-12,19-21H,13-16H2,1-2H3,(H,27,32)(H,28,33). The third kappa shape index (κ3) is 6.68.